The molecule has 0 atom stereocenters. The van der Waals surface area contributed by atoms with E-state index in [4.69, 9.17) is 21.1 Å². The van der Waals surface area contributed by atoms with Crippen molar-refractivity contribution in [1.29, 1.82) is 0 Å². The Balaban J connectivity index is 2.88. The molecule has 0 aliphatic rings. The van der Waals surface area contributed by atoms with Crippen molar-refractivity contribution in [2.75, 3.05) is 13.2 Å². The average molecular weight is 215 g/mol. The number of alkyl halides is 1. The zero-order valence-corrected chi connectivity index (χ0v) is 9.30. The normalized spacial score (nSPS) is 9.93. The van der Waals surface area contributed by atoms with Crippen LogP contribution in [-0.4, -0.2) is 13.2 Å². The molecule has 2 nitrogen and oxygen atoms in total. The first-order chi connectivity index (χ1) is 6.81. The van der Waals surface area contributed by atoms with Crippen LogP contribution in [0.1, 0.15) is 19.4 Å². The van der Waals surface area contributed by atoms with Crippen LogP contribution < -0.4 is 9.47 Å². The van der Waals surface area contributed by atoms with Crippen LogP contribution in [-0.2, 0) is 5.88 Å². The van der Waals surface area contributed by atoms with Crippen LogP contribution in [0, 0.1) is 0 Å². The van der Waals surface area contributed by atoms with E-state index in [0.29, 0.717) is 19.1 Å². The van der Waals surface area contributed by atoms with Crippen LogP contribution in [0.15, 0.2) is 18.2 Å². The second-order valence-corrected chi connectivity index (χ2v) is 3.04. The lowest BCUT2D eigenvalue weighted by molar-refractivity contribution is 0.321. The SMILES string of the molecule is CCOc1ccc(CCl)c(OCC)c1. The van der Waals surface area contributed by atoms with Crippen LogP contribution in [0.2, 0.25) is 0 Å². The fourth-order valence-electron chi connectivity index (χ4n) is 1.19. The van der Waals surface area contributed by atoms with E-state index in [1.54, 1.807) is 0 Å². The van der Waals surface area contributed by atoms with E-state index in [1.165, 1.54) is 0 Å². The molecule has 0 aliphatic carbocycles. The summed E-state index contributed by atoms with van der Waals surface area (Å²) in [5, 5.41) is 0. The molecular weight excluding hydrogens is 200 g/mol. The molecule has 1 aromatic rings. The monoisotopic (exact) mass is 214 g/mol. The lowest BCUT2D eigenvalue weighted by atomic mass is 10.2. The van der Waals surface area contributed by atoms with E-state index >= 15 is 0 Å². The van der Waals surface area contributed by atoms with Gasteiger partial charge in [0.2, 0.25) is 0 Å². The molecule has 3 heteroatoms. The van der Waals surface area contributed by atoms with E-state index in [-0.39, 0.29) is 0 Å². The zero-order valence-electron chi connectivity index (χ0n) is 8.55. The number of hydrogen-bond acceptors (Lipinski definition) is 2. The predicted octanol–water partition coefficient (Wildman–Crippen LogP) is 3.22. The first-order valence-electron chi connectivity index (χ1n) is 4.76. The molecule has 0 fully saturated rings. The van der Waals surface area contributed by atoms with Gasteiger partial charge >= 0.3 is 0 Å². The molecule has 0 aliphatic heterocycles. The summed E-state index contributed by atoms with van der Waals surface area (Å²) in [6.45, 7) is 5.20. The van der Waals surface area contributed by atoms with Crippen LogP contribution in [0.3, 0.4) is 0 Å². The predicted molar refractivity (Wildman–Crippen MR) is 58.3 cm³/mol. The highest BCUT2D eigenvalue weighted by Crippen LogP contribution is 2.26. The van der Waals surface area contributed by atoms with Gasteiger partial charge < -0.3 is 9.47 Å². The third-order valence-corrected chi connectivity index (χ3v) is 2.08. The molecule has 0 saturated heterocycles. The van der Waals surface area contributed by atoms with E-state index in [9.17, 15) is 0 Å². The smallest absolute Gasteiger partial charge is 0.127 e. The van der Waals surface area contributed by atoms with Crippen LogP contribution in [0.25, 0.3) is 0 Å². The number of halogens is 1. The van der Waals surface area contributed by atoms with E-state index in [1.807, 2.05) is 32.0 Å². The lowest BCUT2D eigenvalue weighted by Crippen LogP contribution is -1.97. The highest BCUT2D eigenvalue weighted by Gasteiger charge is 2.04. The zero-order chi connectivity index (χ0) is 10.4. The summed E-state index contributed by atoms with van der Waals surface area (Å²) in [4.78, 5) is 0. The first-order valence-corrected chi connectivity index (χ1v) is 5.29. The number of rotatable bonds is 5. The Hall–Kier alpha value is -0.890. The van der Waals surface area contributed by atoms with Crippen molar-refractivity contribution in [2.24, 2.45) is 0 Å². The van der Waals surface area contributed by atoms with Crippen molar-refractivity contribution in [3.8, 4) is 11.5 Å². The van der Waals surface area contributed by atoms with Gasteiger partial charge in [-0.1, -0.05) is 6.07 Å². The highest BCUT2D eigenvalue weighted by molar-refractivity contribution is 6.17. The summed E-state index contributed by atoms with van der Waals surface area (Å²) < 4.78 is 10.8. The van der Waals surface area contributed by atoms with Crippen LogP contribution in [0.5, 0.6) is 11.5 Å². The van der Waals surface area contributed by atoms with Gasteiger partial charge in [-0.25, -0.2) is 0 Å². The molecular formula is C11H15ClO2. The van der Waals surface area contributed by atoms with Gasteiger partial charge in [0, 0.05) is 11.6 Å². The van der Waals surface area contributed by atoms with E-state index < -0.39 is 0 Å². The quantitative estimate of drug-likeness (QED) is 0.701. The van der Waals surface area contributed by atoms with Crippen molar-refractivity contribution >= 4 is 11.6 Å². The molecule has 1 aromatic carbocycles. The minimum absolute atomic E-state index is 0.460. The van der Waals surface area contributed by atoms with Crippen molar-refractivity contribution in [3.05, 3.63) is 23.8 Å². The maximum Gasteiger partial charge on any atom is 0.127 e. The Morgan fingerprint density at radius 3 is 2.43 bits per heavy atom. The Bertz CT molecular complexity index is 287. The second-order valence-electron chi connectivity index (χ2n) is 2.77. The first kappa shape index (κ1) is 11.2. The molecule has 78 valence electrons. The highest BCUT2D eigenvalue weighted by atomic mass is 35.5. The van der Waals surface area contributed by atoms with Gasteiger partial charge in [-0.05, 0) is 19.9 Å². The number of ether oxygens (including phenoxy) is 2. The summed E-state index contributed by atoms with van der Waals surface area (Å²) >= 11 is 5.78. The third kappa shape index (κ3) is 2.81. The molecule has 0 N–H and O–H groups in total. The fraction of sp³-hybridized carbons (Fsp3) is 0.455. The van der Waals surface area contributed by atoms with Gasteiger partial charge in [0.15, 0.2) is 0 Å². The number of benzene rings is 1. The van der Waals surface area contributed by atoms with E-state index in [0.717, 1.165) is 17.1 Å². The average Bonchev–Trinajstić information content (AvgIpc) is 2.19. The minimum Gasteiger partial charge on any atom is -0.494 e. The standard InChI is InChI=1S/C11H15ClO2/c1-3-13-10-6-5-9(8-12)11(7-10)14-4-2/h5-7H,3-4,8H2,1-2H3. The summed E-state index contributed by atoms with van der Waals surface area (Å²) in [6.07, 6.45) is 0. The molecule has 1 rings (SSSR count). The van der Waals surface area contributed by atoms with Crippen molar-refractivity contribution in [1.82, 2.24) is 0 Å². The van der Waals surface area contributed by atoms with Crippen molar-refractivity contribution < 1.29 is 9.47 Å². The maximum atomic E-state index is 5.78. The molecule has 0 radical (unpaired) electrons. The van der Waals surface area contributed by atoms with Gasteiger partial charge in [-0.3, -0.25) is 0 Å². The second kappa shape index (κ2) is 5.76. The molecule has 0 saturated carbocycles. The largest absolute Gasteiger partial charge is 0.494 e. The van der Waals surface area contributed by atoms with E-state index in [2.05, 4.69) is 0 Å². The summed E-state index contributed by atoms with van der Waals surface area (Å²) in [5.41, 5.74) is 0.997. The number of hydrogen-bond donors (Lipinski definition) is 0. The van der Waals surface area contributed by atoms with Gasteiger partial charge in [-0.2, -0.15) is 0 Å². The summed E-state index contributed by atoms with van der Waals surface area (Å²) in [7, 11) is 0. The summed E-state index contributed by atoms with van der Waals surface area (Å²) in [6, 6.07) is 5.72. The summed E-state index contributed by atoms with van der Waals surface area (Å²) in [5.74, 6) is 2.10. The van der Waals surface area contributed by atoms with Crippen molar-refractivity contribution in [3.63, 3.8) is 0 Å². The molecule has 0 bridgehead atoms. The molecule has 0 aromatic heterocycles. The molecule has 0 amide bonds. The third-order valence-electron chi connectivity index (χ3n) is 1.79. The minimum atomic E-state index is 0.460. The Labute approximate surface area is 89.8 Å². The topological polar surface area (TPSA) is 18.5 Å². The van der Waals surface area contributed by atoms with Crippen LogP contribution in [0.4, 0.5) is 0 Å². The Kier molecular flexibility index (Phi) is 4.60. The lowest BCUT2D eigenvalue weighted by Gasteiger charge is -2.10. The van der Waals surface area contributed by atoms with Crippen molar-refractivity contribution in [2.45, 2.75) is 19.7 Å². The fourth-order valence-corrected chi connectivity index (χ4v) is 1.41. The van der Waals surface area contributed by atoms with Gasteiger partial charge in [0.05, 0.1) is 19.1 Å². The van der Waals surface area contributed by atoms with Gasteiger partial charge in [-0.15, -0.1) is 11.6 Å². The molecule has 0 spiro atoms. The Morgan fingerprint density at radius 2 is 1.86 bits per heavy atom. The maximum absolute atomic E-state index is 5.78. The van der Waals surface area contributed by atoms with Crippen LogP contribution >= 0.6 is 11.6 Å². The molecule has 0 heterocycles. The molecule has 0 unspecified atom stereocenters. The van der Waals surface area contributed by atoms with Gasteiger partial charge in [0.1, 0.15) is 11.5 Å². The Morgan fingerprint density at radius 1 is 1.14 bits per heavy atom. The molecule has 14 heavy (non-hydrogen) atoms. The van der Waals surface area contributed by atoms with Gasteiger partial charge in [0.25, 0.3) is 0 Å².